The van der Waals surface area contributed by atoms with E-state index in [1.54, 1.807) is 0 Å². The Morgan fingerprint density at radius 2 is 2.25 bits per heavy atom. The normalized spacial score (nSPS) is 15.7. The van der Waals surface area contributed by atoms with Crippen molar-refractivity contribution in [2.24, 2.45) is 0 Å². The topological polar surface area (TPSA) is 39.1 Å². The molecule has 3 nitrogen and oxygen atoms in total. The summed E-state index contributed by atoms with van der Waals surface area (Å²) >= 11 is 1.83. The molecule has 1 fully saturated rings. The van der Waals surface area contributed by atoms with Gasteiger partial charge in [-0.2, -0.15) is 17.0 Å². The van der Waals surface area contributed by atoms with Gasteiger partial charge in [-0.3, -0.25) is 0 Å². The highest BCUT2D eigenvalue weighted by atomic mass is 32.2. The van der Waals surface area contributed by atoms with Crippen molar-refractivity contribution in [3.05, 3.63) is 29.3 Å². The van der Waals surface area contributed by atoms with Gasteiger partial charge in [0.25, 0.3) is 0 Å². The van der Waals surface area contributed by atoms with E-state index >= 15 is 0 Å². The highest BCUT2D eigenvalue weighted by molar-refractivity contribution is 7.98. The van der Waals surface area contributed by atoms with E-state index in [2.05, 4.69) is 48.6 Å². The molecule has 0 amide bonds. The Bertz CT molecular complexity index is 491. The van der Waals surface area contributed by atoms with Crippen LogP contribution in [0.25, 0.3) is 0 Å². The Morgan fingerprint density at radius 1 is 1.50 bits per heavy atom. The number of anilines is 1. The fourth-order valence-electron chi connectivity index (χ4n) is 2.23. The zero-order valence-electron chi connectivity index (χ0n) is 12.5. The van der Waals surface area contributed by atoms with Gasteiger partial charge in [0.15, 0.2) is 0 Å². The summed E-state index contributed by atoms with van der Waals surface area (Å²) in [5.41, 5.74) is 3.00. The first-order valence-electron chi connectivity index (χ1n) is 7.14. The lowest BCUT2D eigenvalue weighted by atomic mass is 10.1. The van der Waals surface area contributed by atoms with Crippen molar-refractivity contribution in [1.29, 1.82) is 5.26 Å². The molecular weight excluding hydrogens is 266 g/mol. The van der Waals surface area contributed by atoms with Crippen LogP contribution < -0.4 is 10.2 Å². The van der Waals surface area contributed by atoms with Crippen LogP contribution in [0.1, 0.15) is 30.9 Å². The molecule has 4 heteroatoms. The van der Waals surface area contributed by atoms with Crippen molar-refractivity contribution >= 4 is 17.4 Å². The molecule has 1 N–H and O–H groups in total. The van der Waals surface area contributed by atoms with Crippen molar-refractivity contribution in [2.75, 3.05) is 24.0 Å². The number of hydrogen-bond donors (Lipinski definition) is 1. The molecule has 0 aliphatic heterocycles. The van der Waals surface area contributed by atoms with Gasteiger partial charge in [-0.1, -0.05) is 6.07 Å². The second-order valence-electron chi connectivity index (χ2n) is 5.53. The highest BCUT2D eigenvalue weighted by Crippen LogP contribution is 2.24. The standard InChI is InChI=1S/C16H23N3S/c1-12(11-20-3)19(2)16-7-4-13(8-14(16)9-17)10-18-15-5-6-15/h4,7-8,12,15,18H,5-6,10-11H2,1-3H3. The zero-order chi connectivity index (χ0) is 14.5. The minimum Gasteiger partial charge on any atom is -0.370 e. The van der Waals surface area contributed by atoms with Crippen LogP contribution in [0.5, 0.6) is 0 Å². The SMILES string of the molecule is CSCC(C)N(C)c1ccc(CNC2CC2)cc1C#N. The minimum absolute atomic E-state index is 0.424. The molecule has 2 rings (SSSR count). The third-order valence-corrected chi connectivity index (χ3v) is 4.62. The largest absolute Gasteiger partial charge is 0.370 e. The third kappa shape index (κ3) is 3.91. The van der Waals surface area contributed by atoms with Crippen LogP contribution in [0.2, 0.25) is 0 Å². The van der Waals surface area contributed by atoms with Crippen LogP contribution in [-0.4, -0.2) is 31.1 Å². The molecule has 20 heavy (non-hydrogen) atoms. The minimum atomic E-state index is 0.424. The quantitative estimate of drug-likeness (QED) is 0.837. The Labute approximate surface area is 126 Å². The summed E-state index contributed by atoms with van der Waals surface area (Å²) in [7, 11) is 2.07. The van der Waals surface area contributed by atoms with Crippen molar-refractivity contribution < 1.29 is 0 Å². The first-order valence-corrected chi connectivity index (χ1v) is 8.53. The molecule has 108 valence electrons. The van der Waals surface area contributed by atoms with Gasteiger partial charge in [0.05, 0.1) is 11.3 Å². The first-order chi connectivity index (χ1) is 9.65. The van der Waals surface area contributed by atoms with Gasteiger partial charge in [0.2, 0.25) is 0 Å². The fraction of sp³-hybridized carbons (Fsp3) is 0.562. The Kier molecular flexibility index (Phi) is 5.33. The number of nitrogens with one attached hydrogen (secondary N) is 1. The fourth-order valence-corrected chi connectivity index (χ4v) is 2.94. The monoisotopic (exact) mass is 289 g/mol. The number of thioether (sulfide) groups is 1. The number of nitriles is 1. The Balaban J connectivity index is 2.10. The summed E-state index contributed by atoms with van der Waals surface area (Å²) in [4.78, 5) is 2.20. The van der Waals surface area contributed by atoms with Gasteiger partial charge in [-0.15, -0.1) is 0 Å². The van der Waals surface area contributed by atoms with Crippen LogP contribution in [0, 0.1) is 11.3 Å². The molecule has 0 radical (unpaired) electrons. The van der Waals surface area contributed by atoms with Gasteiger partial charge in [0.1, 0.15) is 6.07 Å². The predicted octanol–water partition coefficient (Wildman–Crippen LogP) is 3.00. The number of hydrogen-bond acceptors (Lipinski definition) is 4. The number of benzene rings is 1. The van der Waals surface area contributed by atoms with E-state index in [0.29, 0.717) is 12.1 Å². The first kappa shape index (κ1) is 15.2. The number of rotatable bonds is 7. The molecule has 1 unspecified atom stereocenters. The van der Waals surface area contributed by atoms with Gasteiger partial charge in [-0.05, 0) is 43.7 Å². The summed E-state index contributed by atoms with van der Waals surface area (Å²) in [6, 6.07) is 9.70. The molecule has 1 atom stereocenters. The van der Waals surface area contributed by atoms with E-state index < -0.39 is 0 Å². The molecule has 0 heterocycles. The van der Waals surface area contributed by atoms with Crippen molar-refractivity contribution in [1.82, 2.24) is 5.32 Å². The van der Waals surface area contributed by atoms with Crippen molar-refractivity contribution in [2.45, 2.75) is 38.4 Å². The molecule has 0 bridgehead atoms. The summed E-state index contributed by atoms with van der Waals surface area (Å²) in [5.74, 6) is 1.06. The molecule has 0 aromatic heterocycles. The van der Waals surface area contributed by atoms with E-state index in [0.717, 1.165) is 23.5 Å². The van der Waals surface area contributed by atoms with E-state index in [9.17, 15) is 5.26 Å². The lowest BCUT2D eigenvalue weighted by Crippen LogP contribution is -2.31. The molecule has 1 aliphatic carbocycles. The predicted molar refractivity (Wildman–Crippen MR) is 87.3 cm³/mol. The van der Waals surface area contributed by atoms with Crippen LogP contribution in [0.3, 0.4) is 0 Å². The Hall–Kier alpha value is -1.18. The van der Waals surface area contributed by atoms with E-state index in [-0.39, 0.29) is 0 Å². The van der Waals surface area contributed by atoms with E-state index in [4.69, 9.17) is 0 Å². The summed E-state index contributed by atoms with van der Waals surface area (Å²) in [5, 5.41) is 12.9. The second kappa shape index (κ2) is 7.01. The summed E-state index contributed by atoms with van der Waals surface area (Å²) < 4.78 is 0. The molecule has 1 aliphatic rings. The zero-order valence-corrected chi connectivity index (χ0v) is 13.3. The molecule has 1 saturated carbocycles. The lowest BCUT2D eigenvalue weighted by molar-refractivity contribution is 0.687. The van der Waals surface area contributed by atoms with Gasteiger partial charge in [0, 0.05) is 31.4 Å². The average Bonchev–Trinajstić information content (AvgIpc) is 3.28. The van der Waals surface area contributed by atoms with Gasteiger partial charge < -0.3 is 10.2 Å². The molecular formula is C16H23N3S. The summed E-state index contributed by atoms with van der Waals surface area (Å²) in [6.07, 6.45) is 4.69. The van der Waals surface area contributed by atoms with Crippen LogP contribution >= 0.6 is 11.8 Å². The van der Waals surface area contributed by atoms with Crippen LogP contribution in [-0.2, 0) is 6.54 Å². The van der Waals surface area contributed by atoms with Crippen LogP contribution in [0.4, 0.5) is 5.69 Å². The van der Waals surface area contributed by atoms with Crippen LogP contribution in [0.15, 0.2) is 18.2 Å². The van der Waals surface area contributed by atoms with Gasteiger partial charge in [-0.25, -0.2) is 0 Å². The molecule has 1 aromatic rings. The van der Waals surface area contributed by atoms with Crippen molar-refractivity contribution in [3.63, 3.8) is 0 Å². The maximum Gasteiger partial charge on any atom is 0.101 e. The molecule has 0 spiro atoms. The highest BCUT2D eigenvalue weighted by Gasteiger charge is 2.20. The second-order valence-corrected chi connectivity index (χ2v) is 6.44. The van der Waals surface area contributed by atoms with Crippen molar-refractivity contribution in [3.8, 4) is 6.07 Å². The maximum atomic E-state index is 9.39. The Morgan fingerprint density at radius 3 is 2.85 bits per heavy atom. The third-order valence-electron chi connectivity index (χ3n) is 3.80. The summed E-state index contributed by atoms with van der Waals surface area (Å²) in [6.45, 7) is 3.06. The van der Waals surface area contributed by atoms with E-state index in [1.807, 2.05) is 17.8 Å². The molecule has 0 saturated heterocycles. The smallest absolute Gasteiger partial charge is 0.101 e. The van der Waals surface area contributed by atoms with E-state index in [1.165, 1.54) is 18.4 Å². The number of nitrogens with zero attached hydrogens (tertiary/aromatic N) is 2. The molecule has 1 aromatic carbocycles. The maximum absolute atomic E-state index is 9.39. The van der Waals surface area contributed by atoms with Gasteiger partial charge >= 0.3 is 0 Å². The average molecular weight is 289 g/mol. The lowest BCUT2D eigenvalue weighted by Gasteiger charge is -2.27.